The Morgan fingerprint density at radius 3 is 2.74 bits per heavy atom. The van der Waals surface area contributed by atoms with E-state index in [1.807, 2.05) is 0 Å². The van der Waals surface area contributed by atoms with Gasteiger partial charge in [0.15, 0.2) is 0 Å². The van der Waals surface area contributed by atoms with Crippen LogP contribution in [0.5, 0.6) is 5.75 Å². The summed E-state index contributed by atoms with van der Waals surface area (Å²) in [5.41, 5.74) is 5.67. The molecule has 19 heavy (non-hydrogen) atoms. The number of rotatable bonds is 5. The van der Waals surface area contributed by atoms with Crippen molar-refractivity contribution < 1.29 is 9.13 Å². The van der Waals surface area contributed by atoms with Gasteiger partial charge in [0.1, 0.15) is 18.2 Å². The molecule has 1 aromatic rings. The fourth-order valence-corrected chi connectivity index (χ4v) is 2.54. The Morgan fingerprint density at radius 2 is 2.11 bits per heavy atom. The van der Waals surface area contributed by atoms with Gasteiger partial charge in [0, 0.05) is 6.54 Å². The van der Waals surface area contributed by atoms with Gasteiger partial charge in [-0.05, 0) is 56.6 Å². The summed E-state index contributed by atoms with van der Waals surface area (Å²) < 4.78 is 18.5. The number of nitrogens with two attached hydrogens (primary N) is 1. The number of halogens is 2. The van der Waals surface area contributed by atoms with E-state index in [1.165, 1.54) is 12.1 Å². The lowest BCUT2D eigenvalue weighted by Crippen LogP contribution is -2.38. The van der Waals surface area contributed by atoms with E-state index in [2.05, 4.69) is 4.90 Å². The van der Waals surface area contributed by atoms with Gasteiger partial charge in [-0.15, -0.1) is 0 Å². The van der Waals surface area contributed by atoms with Crippen LogP contribution in [0.1, 0.15) is 12.8 Å². The topological polar surface area (TPSA) is 38.5 Å². The fourth-order valence-electron chi connectivity index (χ4n) is 2.32. The van der Waals surface area contributed by atoms with Crippen molar-refractivity contribution in [1.82, 2.24) is 4.90 Å². The first-order chi connectivity index (χ1) is 9.19. The van der Waals surface area contributed by atoms with E-state index in [0.717, 1.165) is 39.0 Å². The Kier molecular flexibility index (Phi) is 5.43. The zero-order chi connectivity index (χ0) is 13.7. The SMILES string of the molecule is NCC1CCN(CCOc2ccc(F)cc2Cl)CC1. The first-order valence-electron chi connectivity index (χ1n) is 6.69. The fraction of sp³-hybridized carbons (Fsp3) is 0.571. The molecule has 0 saturated carbocycles. The van der Waals surface area contributed by atoms with Crippen LogP contribution in [0, 0.1) is 11.7 Å². The summed E-state index contributed by atoms with van der Waals surface area (Å²) in [6.45, 7) is 4.37. The summed E-state index contributed by atoms with van der Waals surface area (Å²) in [6.07, 6.45) is 2.32. The van der Waals surface area contributed by atoms with Crippen molar-refractivity contribution in [2.24, 2.45) is 11.7 Å². The van der Waals surface area contributed by atoms with Crippen LogP contribution in [-0.4, -0.2) is 37.7 Å². The van der Waals surface area contributed by atoms with E-state index >= 15 is 0 Å². The number of benzene rings is 1. The number of likely N-dealkylation sites (tertiary alicyclic amines) is 1. The summed E-state index contributed by atoms with van der Waals surface area (Å²) in [5, 5.41) is 0.321. The molecule has 0 spiro atoms. The number of piperidine rings is 1. The first kappa shape index (κ1) is 14.6. The van der Waals surface area contributed by atoms with Crippen LogP contribution in [0.2, 0.25) is 5.02 Å². The van der Waals surface area contributed by atoms with Crippen LogP contribution in [0.25, 0.3) is 0 Å². The van der Waals surface area contributed by atoms with Crippen LogP contribution in [-0.2, 0) is 0 Å². The molecular weight excluding hydrogens is 267 g/mol. The zero-order valence-corrected chi connectivity index (χ0v) is 11.7. The van der Waals surface area contributed by atoms with E-state index in [0.29, 0.717) is 23.3 Å². The maximum absolute atomic E-state index is 12.9. The highest BCUT2D eigenvalue weighted by Gasteiger charge is 2.17. The van der Waals surface area contributed by atoms with Crippen LogP contribution < -0.4 is 10.5 Å². The van der Waals surface area contributed by atoms with Gasteiger partial charge in [-0.2, -0.15) is 0 Å². The number of ether oxygens (including phenoxy) is 1. The third-order valence-corrected chi connectivity index (χ3v) is 3.89. The molecular formula is C14H20ClFN2O. The first-order valence-corrected chi connectivity index (χ1v) is 7.07. The minimum Gasteiger partial charge on any atom is -0.491 e. The third-order valence-electron chi connectivity index (χ3n) is 3.60. The molecule has 0 aromatic heterocycles. The van der Waals surface area contributed by atoms with Crippen molar-refractivity contribution in [3.05, 3.63) is 29.0 Å². The van der Waals surface area contributed by atoms with Gasteiger partial charge in [-0.1, -0.05) is 11.6 Å². The number of hydrogen-bond acceptors (Lipinski definition) is 3. The van der Waals surface area contributed by atoms with Crippen molar-refractivity contribution in [1.29, 1.82) is 0 Å². The Bertz CT molecular complexity index is 408. The second-order valence-corrected chi connectivity index (χ2v) is 5.35. The van der Waals surface area contributed by atoms with Gasteiger partial charge < -0.3 is 10.5 Å². The molecule has 0 unspecified atom stereocenters. The summed E-state index contributed by atoms with van der Waals surface area (Å²) in [7, 11) is 0. The lowest BCUT2D eigenvalue weighted by atomic mass is 9.97. The second-order valence-electron chi connectivity index (χ2n) is 4.94. The summed E-state index contributed by atoms with van der Waals surface area (Å²) in [5.74, 6) is 0.866. The molecule has 106 valence electrons. The predicted octanol–water partition coefficient (Wildman–Crippen LogP) is 2.53. The van der Waals surface area contributed by atoms with Crippen molar-refractivity contribution in [3.63, 3.8) is 0 Å². The van der Waals surface area contributed by atoms with E-state index < -0.39 is 0 Å². The van der Waals surface area contributed by atoms with Crippen molar-refractivity contribution >= 4 is 11.6 Å². The maximum Gasteiger partial charge on any atom is 0.138 e. The van der Waals surface area contributed by atoms with E-state index in [1.54, 1.807) is 6.07 Å². The highest BCUT2D eigenvalue weighted by Crippen LogP contribution is 2.24. The Morgan fingerprint density at radius 1 is 1.37 bits per heavy atom. The monoisotopic (exact) mass is 286 g/mol. The van der Waals surface area contributed by atoms with Gasteiger partial charge in [0.25, 0.3) is 0 Å². The number of hydrogen-bond donors (Lipinski definition) is 1. The third kappa shape index (κ3) is 4.34. The van der Waals surface area contributed by atoms with Crippen LogP contribution in [0.15, 0.2) is 18.2 Å². The maximum atomic E-state index is 12.9. The standard InChI is InChI=1S/C14H20ClFN2O/c15-13-9-12(16)1-2-14(13)19-8-7-18-5-3-11(10-17)4-6-18/h1-2,9,11H,3-8,10,17H2. The summed E-state index contributed by atoms with van der Waals surface area (Å²) in [6, 6.07) is 4.19. The highest BCUT2D eigenvalue weighted by molar-refractivity contribution is 6.32. The Hall–Kier alpha value is -0.840. The molecule has 0 atom stereocenters. The average Bonchev–Trinajstić information content (AvgIpc) is 2.42. The second kappa shape index (κ2) is 7.08. The van der Waals surface area contributed by atoms with E-state index in [-0.39, 0.29) is 5.82 Å². The lowest BCUT2D eigenvalue weighted by Gasteiger charge is -2.31. The van der Waals surface area contributed by atoms with Gasteiger partial charge in [0.2, 0.25) is 0 Å². The Labute approximate surface area is 118 Å². The number of nitrogens with zero attached hydrogens (tertiary/aromatic N) is 1. The van der Waals surface area contributed by atoms with Crippen LogP contribution in [0.4, 0.5) is 4.39 Å². The molecule has 2 N–H and O–H groups in total. The van der Waals surface area contributed by atoms with Crippen LogP contribution >= 0.6 is 11.6 Å². The van der Waals surface area contributed by atoms with Crippen LogP contribution in [0.3, 0.4) is 0 Å². The molecule has 1 fully saturated rings. The minimum atomic E-state index is -0.346. The van der Waals surface area contributed by atoms with Crippen molar-refractivity contribution in [2.75, 3.05) is 32.8 Å². The normalized spacial score (nSPS) is 17.6. The molecule has 3 nitrogen and oxygen atoms in total. The molecule has 0 bridgehead atoms. The van der Waals surface area contributed by atoms with Gasteiger partial charge >= 0.3 is 0 Å². The van der Waals surface area contributed by atoms with Gasteiger partial charge in [0.05, 0.1) is 5.02 Å². The van der Waals surface area contributed by atoms with Crippen molar-refractivity contribution in [3.8, 4) is 5.75 Å². The molecule has 0 amide bonds. The summed E-state index contributed by atoms with van der Waals surface area (Å²) >= 11 is 5.90. The molecule has 1 saturated heterocycles. The molecule has 5 heteroatoms. The molecule has 1 aromatic carbocycles. The van der Waals surface area contributed by atoms with Crippen molar-refractivity contribution in [2.45, 2.75) is 12.8 Å². The molecule has 2 rings (SSSR count). The van der Waals surface area contributed by atoms with Gasteiger partial charge in [-0.25, -0.2) is 4.39 Å². The largest absolute Gasteiger partial charge is 0.491 e. The highest BCUT2D eigenvalue weighted by atomic mass is 35.5. The molecule has 0 aliphatic carbocycles. The van der Waals surface area contributed by atoms with E-state index in [4.69, 9.17) is 22.1 Å². The zero-order valence-electron chi connectivity index (χ0n) is 10.9. The Balaban J connectivity index is 1.72. The summed E-state index contributed by atoms with van der Waals surface area (Å²) in [4.78, 5) is 2.36. The minimum absolute atomic E-state index is 0.321. The molecule has 1 aliphatic rings. The lowest BCUT2D eigenvalue weighted by molar-refractivity contribution is 0.157. The van der Waals surface area contributed by atoms with Gasteiger partial charge in [-0.3, -0.25) is 4.90 Å². The quantitative estimate of drug-likeness (QED) is 0.904. The molecule has 1 heterocycles. The molecule has 1 aliphatic heterocycles. The predicted molar refractivity (Wildman–Crippen MR) is 75.1 cm³/mol. The molecule has 0 radical (unpaired) electrons. The smallest absolute Gasteiger partial charge is 0.138 e. The van der Waals surface area contributed by atoms with E-state index in [9.17, 15) is 4.39 Å². The average molecular weight is 287 g/mol.